The molecule has 3 aromatic heterocycles. The topological polar surface area (TPSA) is 67.1 Å². The first-order chi connectivity index (χ1) is 17.8. The first-order valence-corrected chi connectivity index (χ1v) is 12.6. The zero-order valence-corrected chi connectivity index (χ0v) is 21.9. The Kier molecular flexibility index (Phi) is 6.76. The molecule has 0 saturated carbocycles. The van der Waals surface area contributed by atoms with E-state index >= 15 is 0 Å². The molecule has 0 spiro atoms. The molecule has 0 aliphatic rings. The van der Waals surface area contributed by atoms with Crippen LogP contribution in [-0.2, 0) is 32.1 Å². The molecule has 188 valence electrons. The molecule has 6 nitrogen and oxygen atoms in total. The predicted molar refractivity (Wildman–Crippen MR) is 148 cm³/mol. The Morgan fingerprint density at radius 1 is 0.811 bits per heavy atom. The summed E-state index contributed by atoms with van der Waals surface area (Å²) in [5, 5.41) is 11.5. The number of benzene rings is 2. The molecule has 3 heterocycles. The van der Waals surface area contributed by atoms with Crippen molar-refractivity contribution in [2.24, 2.45) is 7.05 Å². The van der Waals surface area contributed by atoms with Gasteiger partial charge in [-0.25, -0.2) is 4.98 Å². The lowest BCUT2D eigenvalue weighted by molar-refractivity contribution is 0.238. The van der Waals surface area contributed by atoms with Gasteiger partial charge in [-0.15, -0.1) is 0 Å². The third-order valence-corrected chi connectivity index (χ3v) is 6.66. The van der Waals surface area contributed by atoms with Gasteiger partial charge in [0.1, 0.15) is 11.6 Å². The van der Waals surface area contributed by atoms with Crippen molar-refractivity contribution < 1.29 is 5.11 Å². The number of hydrogen-bond acceptors (Lipinski definition) is 5. The van der Waals surface area contributed by atoms with Gasteiger partial charge in [-0.3, -0.25) is 14.9 Å². The lowest BCUT2D eigenvalue weighted by atomic mass is 9.83. The molecule has 37 heavy (non-hydrogen) atoms. The molecule has 0 aliphatic carbocycles. The normalized spacial score (nSPS) is 11.9. The molecule has 0 aliphatic heterocycles. The molecule has 6 heteroatoms. The van der Waals surface area contributed by atoms with Crippen LogP contribution in [0.25, 0.3) is 22.4 Å². The summed E-state index contributed by atoms with van der Waals surface area (Å²) in [7, 11) is 2.04. The number of para-hydroxylation sites is 2. The first-order valence-electron chi connectivity index (χ1n) is 12.6. The number of aromatic hydroxyl groups is 1. The minimum absolute atomic E-state index is 0.244. The van der Waals surface area contributed by atoms with Crippen LogP contribution >= 0.6 is 0 Å². The van der Waals surface area contributed by atoms with E-state index in [1.165, 1.54) is 0 Å². The Balaban J connectivity index is 1.59. The average molecular weight is 492 g/mol. The highest BCUT2D eigenvalue weighted by Gasteiger charge is 2.24. The van der Waals surface area contributed by atoms with Gasteiger partial charge < -0.3 is 9.67 Å². The van der Waals surface area contributed by atoms with Gasteiger partial charge in [0.05, 0.1) is 22.4 Å². The number of aryl methyl sites for hydroxylation is 1. The number of rotatable bonds is 7. The summed E-state index contributed by atoms with van der Waals surface area (Å²) in [6.45, 7) is 8.20. The molecule has 0 amide bonds. The van der Waals surface area contributed by atoms with E-state index in [0.29, 0.717) is 25.4 Å². The smallest absolute Gasteiger partial charge is 0.140 e. The highest BCUT2D eigenvalue weighted by atomic mass is 16.3. The predicted octanol–water partition coefficient (Wildman–Crippen LogP) is 6.24. The summed E-state index contributed by atoms with van der Waals surface area (Å²) in [5.41, 5.74) is 6.50. The van der Waals surface area contributed by atoms with Crippen LogP contribution in [0.5, 0.6) is 5.75 Å². The van der Waals surface area contributed by atoms with E-state index < -0.39 is 0 Å². The van der Waals surface area contributed by atoms with Crippen molar-refractivity contribution in [3.05, 3.63) is 108 Å². The fraction of sp³-hybridized carbons (Fsp3) is 0.258. The highest BCUT2D eigenvalue weighted by Crippen LogP contribution is 2.38. The number of hydrogen-bond donors (Lipinski definition) is 1. The Labute approximate surface area is 218 Å². The van der Waals surface area contributed by atoms with Crippen molar-refractivity contribution in [1.29, 1.82) is 0 Å². The summed E-state index contributed by atoms with van der Waals surface area (Å²) in [6, 6.07) is 24.2. The molecular formula is C31H33N5O. The number of fused-ring (bicyclic) bond motifs is 1. The van der Waals surface area contributed by atoms with Crippen LogP contribution in [0.1, 0.15) is 43.3 Å². The van der Waals surface area contributed by atoms with Gasteiger partial charge in [-0.2, -0.15) is 0 Å². The number of imidazole rings is 1. The largest absolute Gasteiger partial charge is 0.507 e. The number of phenolic OH excluding ortho intramolecular Hbond substituents is 1. The zero-order chi connectivity index (χ0) is 26.0. The van der Waals surface area contributed by atoms with E-state index in [2.05, 4.69) is 58.4 Å². The molecular weight excluding hydrogens is 458 g/mol. The van der Waals surface area contributed by atoms with Gasteiger partial charge in [-0.1, -0.05) is 45.0 Å². The van der Waals surface area contributed by atoms with E-state index in [0.717, 1.165) is 44.9 Å². The van der Waals surface area contributed by atoms with Crippen LogP contribution in [0.4, 0.5) is 0 Å². The van der Waals surface area contributed by atoms with Crippen LogP contribution in [0, 0.1) is 0 Å². The zero-order valence-electron chi connectivity index (χ0n) is 21.9. The third kappa shape index (κ3) is 5.39. The monoisotopic (exact) mass is 491 g/mol. The Hall–Kier alpha value is -4.03. The lowest BCUT2D eigenvalue weighted by Crippen LogP contribution is -2.24. The molecule has 0 radical (unpaired) electrons. The van der Waals surface area contributed by atoms with E-state index in [1.807, 2.05) is 74.0 Å². The first kappa shape index (κ1) is 24.7. The molecule has 1 N–H and O–H groups in total. The van der Waals surface area contributed by atoms with Crippen molar-refractivity contribution in [1.82, 2.24) is 24.4 Å². The minimum Gasteiger partial charge on any atom is -0.507 e. The number of pyridine rings is 2. The quantitative estimate of drug-likeness (QED) is 0.292. The molecule has 5 rings (SSSR count). The maximum atomic E-state index is 11.5. The molecule has 0 fully saturated rings. The molecule has 5 aromatic rings. The van der Waals surface area contributed by atoms with Gasteiger partial charge in [-0.05, 0) is 53.9 Å². The SMILES string of the molecule is Cn1c(-c2cc(CN(Cc3ccccn3)Cc3ccccn3)c(O)c(C(C)(C)C)c2)nc2ccccc21. The Morgan fingerprint density at radius 3 is 2.00 bits per heavy atom. The summed E-state index contributed by atoms with van der Waals surface area (Å²) < 4.78 is 2.12. The van der Waals surface area contributed by atoms with Crippen molar-refractivity contribution >= 4 is 11.0 Å². The van der Waals surface area contributed by atoms with Crippen molar-refractivity contribution in [3.63, 3.8) is 0 Å². The van der Waals surface area contributed by atoms with Gasteiger partial charge in [0.25, 0.3) is 0 Å². The van der Waals surface area contributed by atoms with Gasteiger partial charge in [0.2, 0.25) is 0 Å². The summed E-state index contributed by atoms with van der Waals surface area (Å²) >= 11 is 0. The lowest BCUT2D eigenvalue weighted by Gasteiger charge is -2.26. The summed E-state index contributed by atoms with van der Waals surface area (Å²) in [5.74, 6) is 1.22. The second kappa shape index (κ2) is 10.1. The maximum absolute atomic E-state index is 11.5. The Morgan fingerprint density at radius 2 is 1.43 bits per heavy atom. The number of nitrogens with zero attached hydrogens (tertiary/aromatic N) is 5. The van der Waals surface area contributed by atoms with Crippen molar-refractivity contribution in [2.75, 3.05) is 0 Å². The second-order valence-electron chi connectivity index (χ2n) is 10.6. The summed E-state index contributed by atoms with van der Waals surface area (Å²) in [6.07, 6.45) is 3.63. The highest BCUT2D eigenvalue weighted by molar-refractivity contribution is 5.81. The standard InChI is InChI=1S/C31H33N5O/c1-31(2,3)26-18-22(30-34-27-13-5-6-14-28(27)35(30)4)17-23(29(26)37)19-36(20-24-11-7-9-15-32-24)21-25-12-8-10-16-33-25/h5-18,37H,19-21H2,1-4H3. The Bertz CT molecular complexity index is 1460. The minimum atomic E-state index is -0.244. The van der Waals surface area contributed by atoms with Crippen LogP contribution in [0.2, 0.25) is 0 Å². The third-order valence-electron chi connectivity index (χ3n) is 6.66. The number of aromatic nitrogens is 4. The molecule has 0 saturated heterocycles. The van der Waals surface area contributed by atoms with Crippen molar-refractivity contribution in [3.8, 4) is 17.1 Å². The van der Waals surface area contributed by atoms with Crippen LogP contribution in [0.15, 0.2) is 85.2 Å². The molecule has 0 atom stereocenters. The van der Waals surface area contributed by atoms with Crippen LogP contribution < -0.4 is 0 Å². The maximum Gasteiger partial charge on any atom is 0.140 e. The van der Waals surface area contributed by atoms with E-state index in [9.17, 15) is 5.11 Å². The van der Waals surface area contributed by atoms with Crippen LogP contribution in [-0.4, -0.2) is 29.5 Å². The fourth-order valence-corrected chi connectivity index (χ4v) is 4.77. The van der Waals surface area contributed by atoms with Gasteiger partial charge >= 0.3 is 0 Å². The van der Waals surface area contributed by atoms with Crippen molar-refractivity contribution in [2.45, 2.75) is 45.8 Å². The van der Waals surface area contributed by atoms with E-state index in [4.69, 9.17) is 4.98 Å². The molecule has 0 unspecified atom stereocenters. The average Bonchev–Trinajstić information content (AvgIpc) is 3.22. The van der Waals surface area contributed by atoms with Gasteiger partial charge in [0, 0.05) is 55.8 Å². The fourth-order valence-electron chi connectivity index (χ4n) is 4.77. The second-order valence-corrected chi connectivity index (χ2v) is 10.6. The van der Waals surface area contributed by atoms with E-state index in [1.54, 1.807) is 0 Å². The summed E-state index contributed by atoms with van der Waals surface area (Å²) in [4.78, 5) is 16.3. The van der Waals surface area contributed by atoms with E-state index in [-0.39, 0.29) is 5.41 Å². The number of phenols is 1. The molecule has 0 bridgehead atoms. The molecule has 2 aromatic carbocycles. The van der Waals surface area contributed by atoms with Gasteiger partial charge in [0.15, 0.2) is 0 Å². The van der Waals surface area contributed by atoms with Crippen LogP contribution in [0.3, 0.4) is 0 Å².